The van der Waals surface area contributed by atoms with Crippen molar-refractivity contribution in [2.24, 2.45) is 0 Å². The number of sulfonamides is 1. The van der Waals surface area contributed by atoms with E-state index in [-0.39, 0.29) is 16.7 Å². The van der Waals surface area contributed by atoms with Crippen LogP contribution < -0.4 is 4.72 Å². The van der Waals surface area contributed by atoms with Gasteiger partial charge in [-0.1, -0.05) is 41.6 Å². The summed E-state index contributed by atoms with van der Waals surface area (Å²) in [5.74, 6) is 1.06. The van der Waals surface area contributed by atoms with Crippen molar-refractivity contribution in [1.82, 2.24) is 19.8 Å². The molecule has 0 bridgehead atoms. The lowest BCUT2D eigenvalue weighted by Gasteiger charge is -2.30. The predicted molar refractivity (Wildman–Crippen MR) is 110 cm³/mol. The highest BCUT2D eigenvalue weighted by atomic mass is 32.2. The van der Waals surface area contributed by atoms with Crippen LogP contribution >= 0.6 is 0 Å². The van der Waals surface area contributed by atoms with Crippen molar-refractivity contribution in [3.63, 3.8) is 0 Å². The first-order valence-corrected chi connectivity index (χ1v) is 11.2. The molecule has 30 heavy (non-hydrogen) atoms. The minimum atomic E-state index is -3.60. The first-order chi connectivity index (χ1) is 14.5. The van der Waals surface area contributed by atoms with Crippen molar-refractivity contribution in [2.45, 2.75) is 23.7 Å². The zero-order valence-electron chi connectivity index (χ0n) is 16.5. The number of carbonyl (C=O) groups excluding carboxylic acids is 1. The third-order valence-electron chi connectivity index (χ3n) is 5.27. The second kappa shape index (κ2) is 8.37. The molecule has 9 heteroatoms. The third kappa shape index (κ3) is 4.12. The fraction of sp³-hybridized carbons (Fsp3) is 0.286. The Kier molecular flexibility index (Phi) is 5.65. The molecule has 0 atom stereocenters. The van der Waals surface area contributed by atoms with Gasteiger partial charge in [0, 0.05) is 30.1 Å². The Hall–Kier alpha value is -3.04. The summed E-state index contributed by atoms with van der Waals surface area (Å²) >= 11 is 0. The Labute approximate surface area is 175 Å². The molecule has 1 amide bonds. The van der Waals surface area contributed by atoms with E-state index in [1.165, 1.54) is 19.2 Å². The number of amides is 1. The molecule has 2 heterocycles. The summed E-state index contributed by atoms with van der Waals surface area (Å²) in [6.07, 6.45) is 1.41. The highest BCUT2D eigenvalue weighted by Gasteiger charge is 2.28. The summed E-state index contributed by atoms with van der Waals surface area (Å²) in [6.45, 7) is 1.07. The van der Waals surface area contributed by atoms with Gasteiger partial charge in [0.15, 0.2) is 0 Å². The third-order valence-corrected chi connectivity index (χ3v) is 6.68. The highest BCUT2D eigenvalue weighted by Crippen LogP contribution is 2.29. The van der Waals surface area contributed by atoms with Crippen molar-refractivity contribution < 1.29 is 17.7 Å². The van der Waals surface area contributed by atoms with E-state index in [2.05, 4.69) is 14.9 Å². The van der Waals surface area contributed by atoms with Crippen LogP contribution in [0.3, 0.4) is 0 Å². The lowest BCUT2D eigenvalue weighted by atomic mass is 9.96. The second-order valence-electron chi connectivity index (χ2n) is 7.12. The predicted octanol–water partition coefficient (Wildman–Crippen LogP) is 2.66. The molecule has 1 aromatic heterocycles. The molecule has 1 saturated heterocycles. The Morgan fingerprint density at radius 2 is 1.83 bits per heavy atom. The number of nitrogens with one attached hydrogen (secondary N) is 1. The van der Waals surface area contributed by atoms with Crippen molar-refractivity contribution in [2.75, 3.05) is 20.1 Å². The number of hydrogen-bond acceptors (Lipinski definition) is 6. The molecule has 4 rings (SSSR count). The molecule has 1 aliphatic heterocycles. The molecular formula is C21H22N4O4S. The molecule has 1 N–H and O–H groups in total. The summed E-state index contributed by atoms with van der Waals surface area (Å²) in [7, 11) is -2.26. The largest absolute Gasteiger partial charge is 0.339 e. The number of rotatable bonds is 5. The molecule has 0 aliphatic carbocycles. The van der Waals surface area contributed by atoms with Crippen LogP contribution in [0.1, 0.15) is 35.0 Å². The minimum Gasteiger partial charge on any atom is -0.339 e. The molecule has 0 spiro atoms. The van der Waals surface area contributed by atoms with Gasteiger partial charge in [-0.15, -0.1) is 0 Å². The Morgan fingerprint density at radius 1 is 1.10 bits per heavy atom. The Bertz CT molecular complexity index is 1140. The average molecular weight is 426 g/mol. The van der Waals surface area contributed by atoms with Crippen LogP contribution in [0.4, 0.5) is 0 Å². The molecular weight excluding hydrogens is 404 g/mol. The molecule has 8 nitrogen and oxygen atoms in total. The van der Waals surface area contributed by atoms with E-state index < -0.39 is 10.0 Å². The van der Waals surface area contributed by atoms with Gasteiger partial charge >= 0.3 is 0 Å². The molecule has 156 valence electrons. The molecule has 0 saturated carbocycles. The lowest BCUT2D eigenvalue weighted by Crippen LogP contribution is -2.38. The van der Waals surface area contributed by atoms with Gasteiger partial charge in [-0.3, -0.25) is 4.79 Å². The van der Waals surface area contributed by atoms with Crippen molar-refractivity contribution in [1.29, 1.82) is 0 Å². The van der Waals surface area contributed by atoms with Gasteiger partial charge in [0.2, 0.25) is 21.7 Å². The quantitative estimate of drug-likeness (QED) is 0.672. The lowest BCUT2D eigenvalue weighted by molar-refractivity contribution is 0.0704. The molecule has 1 fully saturated rings. The van der Waals surface area contributed by atoms with Crippen LogP contribution in [0, 0.1) is 0 Å². The fourth-order valence-corrected chi connectivity index (χ4v) is 4.31. The highest BCUT2D eigenvalue weighted by molar-refractivity contribution is 7.89. The van der Waals surface area contributed by atoms with Crippen LogP contribution in [0.15, 0.2) is 64.0 Å². The Balaban J connectivity index is 1.42. The van der Waals surface area contributed by atoms with E-state index in [1.807, 2.05) is 30.3 Å². The number of piperidine rings is 1. The van der Waals surface area contributed by atoms with E-state index in [0.29, 0.717) is 43.2 Å². The van der Waals surface area contributed by atoms with Gasteiger partial charge in [-0.05, 0) is 38.1 Å². The summed E-state index contributed by atoms with van der Waals surface area (Å²) in [5.41, 5.74) is 1.26. The van der Waals surface area contributed by atoms with Gasteiger partial charge < -0.3 is 9.42 Å². The van der Waals surface area contributed by atoms with Gasteiger partial charge in [0.1, 0.15) is 0 Å². The second-order valence-corrected chi connectivity index (χ2v) is 9.01. The normalized spacial score (nSPS) is 15.3. The summed E-state index contributed by atoms with van der Waals surface area (Å²) in [5, 5.41) is 4.07. The van der Waals surface area contributed by atoms with Gasteiger partial charge in [0.05, 0.1) is 4.90 Å². The van der Waals surface area contributed by atoms with E-state index in [1.54, 1.807) is 17.0 Å². The van der Waals surface area contributed by atoms with Gasteiger partial charge in [-0.25, -0.2) is 13.1 Å². The van der Waals surface area contributed by atoms with Crippen LogP contribution in [0.5, 0.6) is 0 Å². The summed E-state index contributed by atoms with van der Waals surface area (Å²) in [6, 6.07) is 15.7. The average Bonchev–Trinajstić information content (AvgIpc) is 3.30. The van der Waals surface area contributed by atoms with Crippen LogP contribution in [0.25, 0.3) is 11.4 Å². The zero-order valence-corrected chi connectivity index (χ0v) is 17.3. The van der Waals surface area contributed by atoms with Crippen molar-refractivity contribution in [3.05, 3.63) is 66.1 Å². The van der Waals surface area contributed by atoms with E-state index >= 15 is 0 Å². The number of carbonyl (C=O) groups is 1. The maximum absolute atomic E-state index is 12.9. The maximum atomic E-state index is 12.9. The van der Waals surface area contributed by atoms with E-state index in [4.69, 9.17) is 4.52 Å². The zero-order chi connectivity index (χ0) is 21.1. The van der Waals surface area contributed by atoms with Gasteiger partial charge in [0.25, 0.3) is 5.91 Å². The number of likely N-dealkylation sites (tertiary alicyclic amines) is 1. The number of nitrogens with zero attached hydrogens (tertiary/aromatic N) is 3. The smallest absolute Gasteiger partial charge is 0.253 e. The fourth-order valence-electron chi connectivity index (χ4n) is 3.53. The molecule has 0 unspecified atom stereocenters. The molecule has 2 aromatic carbocycles. The number of hydrogen-bond donors (Lipinski definition) is 1. The van der Waals surface area contributed by atoms with E-state index in [0.717, 1.165) is 5.56 Å². The maximum Gasteiger partial charge on any atom is 0.253 e. The topological polar surface area (TPSA) is 105 Å². The van der Waals surface area contributed by atoms with Crippen molar-refractivity contribution >= 4 is 15.9 Å². The first kappa shape index (κ1) is 20.2. The number of benzene rings is 2. The first-order valence-electron chi connectivity index (χ1n) is 9.70. The van der Waals surface area contributed by atoms with Gasteiger partial charge in [-0.2, -0.15) is 4.98 Å². The standard InChI is InChI=1S/C21H22N4O4S/c1-22-30(27,28)18-9-5-8-17(14-18)21(26)25-12-10-16(11-13-25)20-23-19(24-29-20)15-6-3-2-4-7-15/h2-9,14,16,22H,10-13H2,1H3. The van der Waals surface area contributed by atoms with Crippen LogP contribution in [-0.2, 0) is 10.0 Å². The Morgan fingerprint density at radius 3 is 2.53 bits per heavy atom. The molecule has 1 aliphatic rings. The van der Waals surface area contributed by atoms with Crippen LogP contribution in [-0.4, -0.2) is 49.5 Å². The molecule has 3 aromatic rings. The van der Waals surface area contributed by atoms with Crippen molar-refractivity contribution in [3.8, 4) is 11.4 Å². The minimum absolute atomic E-state index is 0.0741. The van der Waals surface area contributed by atoms with Crippen LogP contribution in [0.2, 0.25) is 0 Å². The number of aromatic nitrogens is 2. The monoisotopic (exact) mass is 426 g/mol. The van der Waals surface area contributed by atoms with E-state index in [9.17, 15) is 13.2 Å². The molecule has 0 radical (unpaired) electrons. The summed E-state index contributed by atoms with van der Waals surface area (Å²) < 4.78 is 31.7. The SMILES string of the molecule is CNS(=O)(=O)c1cccc(C(=O)N2CCC(c3nc(-c4ccccc4)no3)CC2)c1. The summed E-state index contributed by atoms with van der Waals surface area (Å²) in [4.78, 5) is 19.2.